The normalized spacial score (nSPS) is 10.9. The van der Waals surface area contributed by atoms with Crippen LogP contribution in [0.4, 0.5) is 0 Å². The van der Waals surface area contributed by atoms with Gasteiger partial charge in [0.25, 0.3) is 0 Å². The molecule has 4 nitrogen and oxygen atoms in total. The van der Waals surface area contributed by atoms with Crippen molar-refractivity contribution in [3.05, 3.63) is 72.8 Å². The quantitative estimate of drug-likeness (QED) is 0.477. The molecule has 4 heterocycles. The van der Waals surface area contributed by atoms with Gasteiger partial charge in [-0.05, 0) is 54.4 Å². The maximum Gasteiger partial charge on any atom is 0.153 e. The Kier molecular flexibility index (Phi) is 4.17. The molecule has 4 heteroatoms. The average molecular weight is 330 g/mol. The highest BCUT2D eigenvalue weighted by Crippen LogP contribution is 2.35. The van der Waals surface area contributed by atoms with Crippen LogP contribution in [-0.2, 0) is 6.42 Å². The number of rotatable bonds is 5. The lowest BCUT2D eigenvalue weighted by Gasteiger charge is -2.13. The number of pyridine rings is 2. The van der Waals surface area contributed by atoms with E-state index in [0.717, 1.165) is 46.8 Å². The molecule has 0 amide bonds. The molecule has 0 atom stereocenters. The molecule has 124 valence electrons. The second-order valence-electron chi connectivity index (χ2n) is 5.81. The number of hydrogen-bond acceptors (Lipinski definition) is 4. The smallest absolute Gasteiger partial charge is 0.153 e. The van der Waals surface area contributed by atoms with Crippen LogP contribution < -0.4 is 0 Å². The summed E-state index contributed by atoms with van der Waals surface area (Å²) in [5.74, 6) is 1.50. The molecule has 0 fully saturated rings. The van der Waals surface area contributed by atoms with Gasteiger partial charge in [0.05, 0.1) is 23.9 Å². The minimum atomic E-state index is 0.714. The molecule has 0 aromatic carbocycles. The summed E-state index contributed by atoms with van der Waals surface area (Å²) >= 11 is 0. The topological polar surface area (TPSA) is 52.1 Å². The predicted molar refractivity (Wildman–Crippen MR) is 96.9 cm³/mol. The number of nitrogens with zero attached hydrogens (tertiary/aromatic N) is 2. The Morgan fingerprint density at radius 2 is 1.68 bits per heavy atom. The van der Waals surface area contributed by atoms with E-state index in [4.69, 9.17) is 13.8 Å². The van der Waals surface area contributed by atoms with Crippen LogP contribution in [0.25, 0.3) is 34.2 Å². The summed E-state index contributed by atoms with van der Waals surface area (Å²) in [7, 11) is 0. The summed E-state index contributed by atoms with van der Waals surface area (Å²) < 4.78 is 11.3. The summed E-state index contributed by atoms with van der Waals surface area (Å²) in [6.45, 7) is 2.16. The third kappa shape index (κ3) is 2.98. The Morgan fingerprint density at radius 3 is 2.32 bits per heavy atom. The number of aryl methyl sites for hydroxylation is 1. The van der Waals surface area contributed by atoms with Gasteiger partial charge in [-0.1, -0.05) is 19.4 Å². The van der Waals surface area contributed by atoms with Crippen LogP contribution in [0.3, 0.4) is 0 Å². The Balaban J connectivity index is 1.98. The fraction of sp³-hybridized carbons (Fsp3) is 0.143. The van der Waals surface area contributed by atoms with E-state index >= 15 is 0 Å². The van der Waals surface area contributed by atoms with Gasteiger partial charge < -0.3 is 8.83 Å². The van der Waals surface area contributed by atoms with Crippen molar-refractivity contribution in [2.75, 3.05) is 0 Å². The second kappa shape index (κ2) is 6.77. The molecule has 0 saturated carbocycles. The fourth-order valence-corrected chi connectivity index (χ4v) is 2.96. The largest absolute Gasteiger partial charge is 0.464 e. The SMILES string of the molecule is CCCc1cc(-c2ccco2)c(-c2ccco2)nc1-c1ccccn1. The summed E-state index contributed by atoms with van der Waals surface area (Å²) in [5.41, 5.74) is 4.61. The molecule has 0 bridgehead atoms. The van der Waals surface area contributed by atoms with Crippen molar-refractivity contribution in [3.8, 4) is 34.2 Å². The molecule has 0 radical (unpaired) electrons. The zero-order valence-electron chi connectivity index (χ0n) is 14.0. The highest BCUT2D eigenvalue weighted by atomic mass is 16.3. The van der Waals surface area contributed by atoms with Crippen LogP contribution in [0.15, 0.2) is 76.1 Å². The highest BCUT2D eigenvalue weighted by Gasteiger charge is 2.19. The van der Waals surface area contributed by atoms with Crippen molar-refractivity contribution in [2.45, 2.75) is 19.8 Å². The third-order valence-electron chi connectivity index (χ3n) is 4.07. The Morgan fingerprint density at radius 1 is 0.880 bits per heavy atom. The van der Waals surface area contributed by atoms with E-state index < -0.39 is 0 Å². The zero-order chi connectivity index (χ0) is 17.1. The van der Waals surface area contributed by atoms with Crippen molar-refractivity contribution in [1.82, 2.24) is 9.97 Å². The van der Waals surface area contributed by atoms with Crippen molar-refractivity contribution in [1.29, 1.82) is 0 Å². The first kappa shape index (κ1) is 15.4. The van der Waals surface area contributed by atoms with E-state index in [1.807, 2.05) is 42.5 Å². The lowest BCUT2D eigenvalue weighted by atomic mass is 9.99. The van der Waals surface area contributed by atoms with Crippen molar-refractivity contribution in [2.24, 2.45) is 0 Å². The standard InChI is InChI=1S/C21H18N2O2/c1-2-7-15-14-16(18-9-5-12-24-18)21(19-10-6-13-25-19)23-20(15)17-8-3-4-11-22-17/h3-6,8-14H,2,7H2,1H3. The van der Waals surface area contributed by atoms with Gasteiger partial charge in [-0.15, -0.1) is 0 Å². The van der Waals surface area contributed by atoms with Crippen LogP contribution in [-0.4, -0.2) is 9.97 Å². The Labute approximate surface area is 146 Å². The van der Waals surface area contributed by atoms with Crippen LogP contribution in [0.1, 0.15) is 18.9 Å². The Hall–Kier alpha value is -3.14. The number of aromatic nitrogens is 2. The van der Waals surface area contributed by atoms with Crippen molar-refractivity contribution in [3.63, 3.8) is 0 Å². The van der Waals surface area contributed by atoms with Crippen LogP contribution in [0.5, 0.6) is 0 Å². The van der Waals surface area contributed by atoms with Gasteiger partial charge >= 0.3 is 0 Å². The van der Waals surface area contributed by atoms with E-state index in [9.17, 15) is 0 Å². The van der Waals surface area contributed by atoms with Gasteiger partial charge in [0.2, 0.25) is 0 Å². The molecule has 4 aromatic heterocycles. The first-order valence-corrected chi connectivity index (χ1v) is 8.40. The molecule has 0 aliphatic rings. The predicted octanol–water partition coefficient (Wildman–Crippen LogP) is 5.62. The zero-order valence-corrected chi connectivity index (χ0v) is 14.0. The van der Waals surface area contributed by atoms with Gasteiger partial charge in [-0.2, -0.15) is 0 Å². The summed E-state index contributed by atoms with van der Waals surface area (Å²) in [5, 5.41) is 0. The average Bonchev–Trinajstić information content (AvgIpc) is 3.36. The first-order valence-electron chi connectivity index (χ1n) is 8.40. The highest BCUT2D eigenvalue weighted by molar-refractivity contribution is 5.79. The lowest BCUT2D eigenvalue weighted by Crippen LogP contribution is -1.99. The van der Waals surface area contributed by atoms with Gasteiger partial charge in [0, 0.05) is 11.8 Å². The molecule has 0 aliphatic carbocycles. The first-order chi connectivity index (χ1) is 12.4. The van der Waals surface area contributed by atoms with Crippen LogP contribution in [0.2, 0.25) is 0 Å². The summed E-state index contributed by atoms with van der Waals surface area (Å²) in [6.07, 6.45) is 7.07. The van der Waals surface area contributed by atoms with E-state index in [2.05, 4.69) is 18.0 Å². The fourth-order valence-electron chi connectivity index (χ4n) is 2.96. The van der Waals surface area contributed by atoms with Gasteiger partial charge in [0.1, 0.15) is 11.5 Å². The molecule has 25 heavy (non-hydrogen) atoms. The minimum Gasteiger partial charge on any atom is -0.464 e. The van der Waals surface area contributed by atoms with E-state index in [1.54, 1.807) is 18.7 Å². The van der Waals surface area contributed by atoms with E-state index in [0.29, 0.717) is 5.76 Å². The molecular weight excluding hydrogens is 312 g/mol. The number of hydrogen-bond donors (Lipinski definition) is 0. The Bertz CT molecular complexity index is 943. The molecule has 0 aliphatic heterocycles. The van der Waals surface area contributed by atoms with Gasteiger partial charge in [0.15, 0.2) is 5.76 Å². The van der Waals surface area contributed by atoms with Crippen LogP contribution >= 0.6 is 0 Å². The molecule has 0 saturated heterocycles. The maximum atomic E-state index is 5.64. The van der Waals surface area contributed by atoms with Crippen LogP contribution in [0, 0.1) is 0 Å². The molecule has 0 N–H and O–H groups in total. The lowest BCUT2D eigenvalue weighted by molar-refractivity contribution is 0.573. The van der Waals surface area contributed by atoms with E-state index in [1.165, 1.54) is 0 Å². The molecule has 4 rings (SSSR count). The molecule has 4 aromatic rings. The monoisotopic (exact) mass is 330 g/mol. The number of furan rings is 2. The summed E-state index contributed by atoms with van der Waals surface area (Å²) in [4.78, 5) is 9.43. The molecule has 0 unspecified atom stereocenters. The minimum absolute atomic E-state index is 0.714. The van der Waals surface area contributed by atoms with Crippen molar-refractivity contribution >= 4 is 0 Å². The second-order valence-corrected chi connectivity index (χ2v) is 5.81. The van der Waals surface area contributed by atoms with E-state index in [-0.39, 0.29) is 0 Å². The maximum absolute atomic E-state index is 5.64. The third-order valence-corrected chi connectivity index (χ3v) is 4.07. The van der Waals surface area contributed by atoms with Crippen molar-refractivity contribution < 1.29 is 8.83 Å². The van der Waals surface area contributed by atoms with Gasteiger partial charge in [-0.25, -0.2) is 4.98 Å². The van der Waals surface area contributed by atoms with Gasteiger partial charge in [-0.3, -0.25) is 4.98 Å². The molecule has 0 spiro atoms. The molecular formula is C21H18N2O2. The summed E-state index contributed by atoms with van der Waals surface area (Å²) in [6, 6.07) is 15.6.